The Bertz CT molecular complexity index is 970. The summed E-state index contributed by atoms with van der Waals surface area (Å²) in [5.41, 5.74) is 4.35. The van der Waals surface area contributed by atoms with Crippen LogP contribution >= 0.6 is 0 Å². The van der Waals surface area contributed by atoms with Gasteiger partial charge >= 0.3 is 0 Å². The fourth-order valence-corrected chi connectivity index (χ4v) is 3.96. The maximum atomic E-state index is 12.6. The van der Waals surface area contributed by atoms with Gasteiger partial charge in [0.15, 0.2) is 0 Å². The maximum absolute atomic E-state index is 12.6. The van der Waals surface area contributed by atoms with Crippen molar-refractivity contribution in [3.63, 3.8) is 0 Å². The molecular weight excluding hydrogens is 350 g/mol. The highest BCUT2D eigenvalue weighted by Gasteiger charge is 2.27. The first-order valence-corrected chi connectivity index (χ1v) is 10.00. The van der Waals surface area contributed by atoms with Crippen molar-refractivity contribution in [3.8, 4) is 0 Å². The van der Waals surface area contributed by atoms with Crippen LogP contribution in [0.15, 0.2) is 41.3 Å². The first kappa shape index (κ1) is 18.4. The highest BCUT2D eigenvalue weighted by atomic mass is 32.2. The predicted molar refractivity (Wildman–Crippen MR) is 103 cm³/mol. The van der Waals surface area contributed by atoms with Gasteiger partial charge in [-0.1, -0.05) is 18.2 Å². The van der Waals surface area contributed by atoms with Crippen LogP contribution in [-0.4, -0.2) is 26.9 Å². The van der Waals surface area contributed by atoms with Gasteiger partial charge < -0.3 is 10.2 Å². The minimum atomic E-state index is -3.83. The van der Waals surface area contributed by atoms with Gasteiger partial charge in [-0.25, -0.2) is 13.6 Å². The zero-order valence-corrected chi connectivity index (χ0v) is 15.9. The lowest BCUT2D eigenvalue weighted by Crippen LogP contribution is -2.37. The van der Waals surface area contributed by atoms with E-state index in [-0.39, 0.29) is 23.4 Å². The number of anilines is 2. The molecule has 0 aliphatic carbocycles. The number of sulfonamides is 1. The van der Waals surface area contributed by atoms with Crippen LogP contribution in [0.5, 0.6) is 0 Å². The number of fused-ring (bicyclic) bond motifs is 1. The van der Waals surface area contributed by atoms with E-state index in [9.17, 15) is 13.2 Å². The topological polar surface area (TPSA) is 92.5 Å². The first-order valence-electron chi connectivity index (χ1n) is 8.45. The van der Waals surface area contributed by atoms with E-state index in [1.54, 1.807) is 6.92 Å². The minimum absolute atomic E-state index is 0.00390. The number of amides is 1. The minimum Gasteiger partial charge on any atom is -0.359 e. The third-order valence-electron chi connectivity index (χ3n) is 4.91. The standard InChI is InChI=1S/C19H23N3O3S/c1-12-8-16(26(20,24)25)10-17(14(12)3)21-19(23)11-22-13(2)9-15-6-4-5-7-18(15)22/h4-8,10,13H,9,11H2,1-3H3,(H,21,23)(H2,20,24,25)/t13-/m0/s1. The Hall–Kier alpha value is -2.38. The molecule has 0 saturated heterocycles. The molecule has 6 nitrogen and oxygen atoms in total. The number of carbonyl (C=O) groups is 1. The van der Waals surface area contributed by atoms with Gasteiger partial charge in [0.25, 0.3) is 0 Å². The Labute approximate surface area is 154 Å². The number of para-hydroxylation sites is 1. The van der Waals surface area contributed by atoms with Gasteiger partial charge in [0, 0.05) is 17.4 Å². The molecule has 1 heterocycles. The van der Waals surface area contributed by atoms with Crippen LogP contribution in [0.2, 0.25) is 0 Å². The quantitative estimate of drug-likeness (QED) is 0.860. The average Bonchev–Trinajstić information content (AvgIpc) is 2.86. The van der Waals surface area contributed by atoms with Gasteiger partial charge in [-0.3, -0.25) is 4.79 Å². The molecule has 2 aromatic carbocycles. The molecule has 0 bridgehead atoms. The van der Waals surface area contributed by atoms with Crippen molar-refractivity contribution in [2.24, 2.45) is 5.14 Å². The number of nitrogens with two attached hydrogens (primary N) is 1. The molecule has 1 aliphatic heterocycles. The number of nitrogens with one attached hydrogen (secondary N) is 1. The number of aryl methyl sites for hydroxylation is 1. The highest BCUT2D eigenvalue weighted by Crippen LogP contribution is 2.31. The van der Waals surface area contributed by atoms with Gasteiger partial charge in [-0.05, 0) is 62.1 Å². The van der Waals surface area contributed by atoms with E-state index in [2.05, 4.69) is 23.2 Å². The fourth-order valence-electron chi connectivity index (χ4n) is 3.34. The second kappa shape index (κ2) is 6.74. The van der Waals surface area contributed by atoms with Crippen LogP contribution in [0.1, 0.15) is 23.6 Å². The third kappa shape index (κ3) is 3.59. The van der Waals surface area contributed by atoms with Crippen molar-refractivity contribution in [2.75, 3.05) is 16.8 Å². The molecule has 0 spiro atoms. The van der Waals surface area contributed by atoms with Crippen LogP contribution in [0.25, 0.3) is 0 Å². The summed E-state index contributed by atoms with van der Waals surface area (Å²) in [5.74, 6) is -0.192. The number of carbonyl (C=O) groups excluding carboxylic acids is 1. The summed E-state index contributed by atoms with van der Waals surface area (Å²) >= 11 is 0. The van der Waals surface area contributed by atoms with Crippen molar-refractivity contribution >= 4 is 27.3 Å². The number of nitrogens with zero attached hydrogens (tertiary/aromatic N) is 1. The number of benzene rings is 2. The van der Waals surface area contributed by atoms with E-state index in [4.69, 9.17) is 5.14 Å². The summed E-state index contributed by atoms with van der Waals surface area (Å²) in [6.07, 6.45) is 0.905. The maximum Gasteiger partial charge on any atom is 0.243 e. The monoisotopic (exact) mass is 373 g/mol. The predicted octanol–water partition coefficient (Wildman–Crippen LogP) is 2.34. The molecule has 0 aromatic heterocycles. The molecule has 26 heavy (non-hydrogen) atoms. The van der Waals surface area contributed by atoms with E-state index in [1.807, 2.05) is 25.1 Å². The van der Waals surface area contributed by atoms with Crippen LogP contribution in [0.3, 0.4) is 0 Å². The van der Waals surface area contributed by atoms with Crippen molar-refractivity contribution < 1.29 is 13.2 Å². The molecule has 3 rings (SSSR count). The van der Waals surface area contributed by atoms with Crippen molar-refractivity contribution in [3.05, 3.63) is 53.1 Å². The first-order chi connectivity index (χ1) is 12.2. The molecule has 2 aromatic rings. The Morgan fingerprint density at radius 3 is 2.65 bits per heavy atom. The van der Waals surface area contributed by atoms with E-state index in [0.29, 0.717) is 5.69 Å². The number of primary sulfonamides is 1. The normalized spacial score (nSPS) is 16.5. The zero-order chi connectivity index (χ0) is 19.1. The lowest BCUT2D eigenvalue weighted by atomic mass is 10.1. The number of rotatable bonds is 4. The molecule has 1 amide bonds. The Balaban J connectivity index is 1.82. The molecule has 3 N–H and O–H groups in total. The van der Waals surface area contributed by atoms with Crippen LogP contribution in [-0.2, 0) is 21.2 Å². The molecule has 7 heteroatoms. The van der Waals surface area contributed by atoms with Gasteiger partial charge in [-0.2, -0.15) is 0 Å². The Morgan fingerprint density at radius 1 is 1.27 bits per heavy atom. The molecule has 1 aliphatic rings. The van der Waals surface area contributed by atoms with Crippen molar-refractivity contribution in [2.45, 2.75) is 38.1 Å². The average molecular weight is 373 g/mol. The summed E-state index contributed by atoms with van der Waals surface area (Å²) in [4.78, 5) is 14.7. The second-order valence-corrected chi connectivity index (χ2v) is 8.38. The van der Waals surface area contributed by atoms with Gasteiger partial charge in [0.05, 0.1) is 11.4 Å². The number of hydrogen-bond donors (Lipinski definition) is 2. The Morgan fingerprint density at radius 2 is 1.96 bits per heavy atom. The van der Waals surface area contributed by atoms with Crippen LogP contribution in [0, 0.1) is 13.8 Å². The molecule has 138 valence electrons. The van der Waals surface area contributed by atoms with Crippen molar-refractivity contribution in [1.82, 2.24) is 0 Å². The largest absolute Gasteiger partial charge is 0.359 e. The lowest BCUT2D eigenvalue weighted by molar-refractivity contribution is -0.115. The summed E-state index contributed by atoms with van der Waals surface area (Å²) in [6.45, 7) is 5.92. The SMILES string of the molecule is Cc1cc(S(N)(=O)=O)cc(NC(=O)CN2c3ccccc3C[C@@H]2C)c1C. The third-order valence-corrected chi connectivity index (χ3v) is 5.80. The van der Waals surface area contributed by atoms with Crippen LogP contribution < -0.4 is 15.4 Å². The van der Waals surface area contributed by atoms with E-state index in [1.165, 1.54) is 17.7 Å². The summed E-state index contributed by atoms with van der Waals surface area (Å²) in [7, 11) is -3.83. The molecule has 0 radical (unpaired) electrons. The van der Waals surface area contributed by atoms with Gasteiger partial charge in [0.2, 0.25) is 15.9 Å². The van der Waals surface area contributed by atoms with E-state index >= 15 is 0 Å². The zero-order valence-electron chi connectivity index (χ0n) is 15.1. The van der Waals surface area contributed by atoms with Gasteiger partial charge in [0.1, 0.15) is 0 Å². The number of hydrogen-bond acceptors (Lipinski definition) is 4. The summed E-state index contributed by atoms with van der Waals surface area (Å²) in [6, 6.07) is 11.2. The molecular formula is C19H23N3O3S. The van der Waals surface area contributed by atoms with Crippen molar-refractivity contribution in [1.29, 1.82) is 0 Å². The molecule has 1 atom stereocenters. The summed E-state index contributed by atoms with van der Waals surface area (Å²) < 4.78 is 23.3. The lowest BCUT2D eigenvalue weighted by Gasteiger charge is -2.24. The summed E-state index contributed by atoms with van der Waals surface area (Å²) in [5, 5.41) is 8.07. The molecule has 0 saturated carbocycles. The second-order valence-electron chi connectivity index (χ2n) is 6.82. The highest BCUT2D eigenvalue weighted by molar-refractivity contribution is 7.89. The van der Waals surface area contributed by atoms with E-state index < -0.39 is 10.0 Å². The Kier molecular flexibility index (Phi) is 4.77. The van der Waals surface area contributed by atoms with E-state index in [0.717, 1.165) is 23.2 Å². The molecule has 0 unspecified atom stereocenters. The molecule has 0 fully saturated rings. The smallest absolute Gasteiger partial charge is 0.243 e. The fraction of sp³-hybridized carbons (Fsp3) is 0.316. The van der Waals surface area contributed by atoms with Gasteiger partial charge in [-0.15, -0.1) is 0 Å². The van der Waals surface area contributed by atoms with Crippen LogP contribution in [0.4, 0.5) is 11.4 Å².